The number of nitrogens with one attached hydrogen (secondary N) is 1. The molecule has 0 aromatic rings. The first-order valence-corrected chi connectivity index (χ1v) is 30.8. The molecule has 0 bridgehead atoms. The number of aliphatic hydroxyl groups is 2. The number of ether oxygens (including phenoxy) is 1. The zero-order chi connectivity index (χ0) is 50.0. The van der Waals surface area contributed by atoms with Gasteiger partial charge in [0.2, 0.25) is 5.91 Å². The van der Waals surface area contributed by atoms with Gasteiger partial charge < -0.3 is 20.3 Å². The Morgan fingerprint density at radius 1 is 0.406 bits per heavy atom. The molecule has 0 rings (SSSR count). The summed E-state index contributed by atoms with van der Waals surface area (Å²) in [4.78, 5) is 24.5. The topological polar surface area (TPSA) is 95.9 Å². The van der Waals surface area contributed by atoms with Crippen LogP contribution in [0.3, 0.4) is 0 Å². The lowest BCUT2D eigenvalue weighted by atomic mass is 10.0. The van der Waals surface area contributed by atoms with E-state index in [9.17, 15) is 19.8 Å². The standard InChI is InChI=1S/C63H119NO5/c1-3-5-7-9-11-13-15-17-18-26-30-33-37-41-45-49-53-57-63(68)69-58-54-50-46-42-38-34-31-28-25-23-21-19-20-22-24-27-29-32-36-40-44-48-52-56-62(67)64-60(59-65)61(66)55-51-47-43-39-35-16-14-12-10-8-6-4-2/h11,13,17-18,51,55,60-61,65-66H,3-10,12,14-16,19-50,52-54,56-59H2,1-2H3,(H,64,67)/b13-11-,18-17-,55-51+. The average molecular weight is 971 g/mol. The van der Waals surface area contributed by atoms with Gasteiger partial charge in [-0.2, -0.15) is 0 Å². The molecular formula is C63H119NO5. The number of hydrogen-bond acceptors (Lipinski definition) is 5. The molecule has 0 aliphatic rings. The van der Waals surface area contributed by atoms with Crippen LogP contribution < -0.4 is 5.32 Å². The van der Waals surface area contributed by atoms with Crippen LogP contribution in [0.15, 0.2) is 36.5 Å². The number of carbonyl (C=O) groups is 2. The van der Waals surface area contributed by atoms with E-state index in [0.29, 0.717) is 19.4 Å². The van der Waals surface area contributed by atoms with E-state index < -0.39 is 12.1 Å². The van der Waals surface area contributed by atoms with Crippen LogP contribution in [0.5, 0.6) is 0 Å². The van der Waals surface area contributed by atoms with E-state index in [-0.39, 0.29) is 18.5 Å². The van der Waals surface area contributed by atoms with E-state index >= 15 is 0 Å². The van der Waals surface area contributed by atoms with Crippen molar-refractivity contribution in [1.82, 2.24) is 5.32 Å². The quantitative estimate of drug-likeness (QED) is 0.0321. The van der Waals surface area contributed by atoms with Gasteiger partial charge in [-0.1, -0.05) is 288 Å². The summed E-state index contributed by atoms with van der Waals surface area (Å²) in [6.45, 7) is 4.88. The normalized spacial score (nSPS) is 12.8. The van der Waals surface area contributed by atoms with Gasteiger partial charge in [0.05, 0.1) is 25.4 Å². The lowest BCUT2D eigenvalue weighted by Crippen LogP contribution is -2.45. The Hall–Kier alpha value is -1.92. The Labute approximate surface area is 430 Å². The number of aliphatic hydroxyl groups excluding tert-OH is 2. The first-order chi connectivity index (χ1) is 34.0. The number of amides is 1. The van der Waals surface area contributed by atoms with Crippen LogP contribution in [0.1, 0.15) is 328 Å². The summed E-state index contributed by atoms with van der Waals surface area (Å²) in [5.74, 6) is -0.0617. The number of unbranched alkanes of at least 4 members (excludes halogenated alkanes) is 42. The van der Waals surface area contributed by atoms with Crippen molar-refractivity contribution >= 4 is 11.9 Å². The van der Waals surface area contributed by atoms with Crippen molar-refractivity contribution in [3.8, 4) is 0 Å². The van der Waals surface area contributed by atoms with E-state index in [1.165, 1.54) is 250 Å². The van der Waals surface area contributed by atoms with Crippen LogP contribution in [-0.2, 0) is 14.3 Å². The SMILES string of the molecule is CCCCC/C=C\C/C=C\CCCCCCCCCC(=O)OCCCCCCCCCCCCCCCCCCCCCCCCCC(=O)NC(CO)C(O)/C=C/CCCCCCCCCCCC. The molecular weight excluding hydrogens is 851 g/mol. The van der Waals surface area contributed by atoms with E-state index in [0.717, 1.165) is 51.4 Å². The summed E-state index contributed by atoms with van der Waals surface area (Å²) in [6.07, 6.45) is 73.3. The maximum Gasteiger partial charge on any atom is 0.305 e. The van der Waals surface area contributed by atoms with Gasteiger partial charge in [-0.3, -0.25) is 9.59 Å². The number of rotatable bonds is 57. The van der Waals surface area contributed by atoms with Crippen molar-refractivity contribution < 1.29 is 24.5 Å². The molecule has 0 aromatic heterocycles. The highest BCUT2D eigenvalue weighted by molar-refractivity contribution is 5.76. The molecule has 0 aliphatic carbocycles. The molecule has 0 saturated heterocycles. The minimum Gasteiger partial charge on any atom is -0.466 e. The van der Waals surface area contributed by atoms with Gasteiger partial charge in [-0.15, -0.1) is 0 Å². The van der Waals surface area contributed by atoms with Crippen molar-refractivity contribution in [2.24, 2.45) is 0 Å². The first kappa shape index (κ1) is 67.1. The maximum absolute atomic E-state index is 12.4. The molecule has 0 aliphatic heterocycles. The van der Waals surface area contributed by atoms with Gasteiger partial charge >= 0.3 is 5.97 Å². The summed E-state index contributed by atoms with van der Waals surface area (Å²) in [5, 5.41) is 23.1. The molecule has 2 atom stereocenters. The second kappa shape index (κ2) is 58.6. The average Bonchev–Trinajstić information content (AvgIpc) is 3.35. The smallest absolute Gasteiger partial charge is 0.305 e. The van der Waals surface area contributed by atoms with Gasteiger partial charge in [0.15, 0.2) is 0 Å². The molecule has 3 N–H and O–H groups in total. The lowest BCUT2D eigenvalue weighted by molar-refractivity contribution is -0.143. The molecule has 2 unspecified atom stereocenters. The van der Waals surface area contributed by atoms with Crippen molar-refractivity contribution in [1.29, 1.82) is 0 Å². The van der Waals surface area contributed by atoms with Crippen LogP contribution in [0, 0.1) is 0 Å². The van der Waals surface area contributed by atoms with Crippen LogP contribution >= 0.6 is 0 Å². The Morgan fingerprint density at radius 3 is 1.13 bits per heavy atom. The van der Waals surface area contributed by atoms with Crippen LogP contribution in [0.25, 0.3) is 0 Å². The second-order valence-electron chi connectivity index (χ2n) is 21.0. The van der Waals surface area contributed by atoms with E-state index in [1.807, 2.05) is 6.08 Å². The third-order valence-electron chi connectivity index (χ3n) is 14.2. The highest BCUT2D eigenvalue weighted by Gasteiger charge is 2.18. The summed E-state index contributed by atoms with van der Waals surface area (Å²) in [6, 6.07) is -0.626. The highest BCUT2D eigenvalue weighted by Crippen LogP contribution is 2.17. The largest absolute Gasteiger partial charge is 0.466 e. The molecule has 1 amide bonds. The molecule has 0 saturated carbocycles. The Kier molecular flexibility index (Phi) is 57.0. The van der Waals surface area contributed by atoms with Crippen LogP contribution in [0.4, 0.5) is 0 Å². The second-order valence-corrected chi connectivity index (χ2v) is 21.0. The Balaban J connectivity index is 3.37. The van der Waals surface area contributed by atoms with Crippen molar-refractivity contribution in [2.75, 3.05) is 13.2 Å². The van der Waals surface area contributed by atoms with Gasteiger partial charge in [-0.05, 0) is 64.2 Å². The van der Waals surface area contributed by atoms with Gasteiger partial charge in [0.1, 0.15) is 0 Å². The summed E-state index contributed by atoms with van der Waals surface area (Å²) in [5.41, 5.74) is 0. The third kappa shape index (κ3) is 55.2. The van der Waals surface area contributed by atoms with Crippen molar-refractivity contribution in [3.05, 3.63) is 36.5 Å². The van der Waals surface area contributed by atoms with Crippen molar-refractivity contribution in [3.63, 3.8) is 0 Å². The van der Waals surface area contributed by atoms with Crippen LogP contribution in [-0.4, -0.2) is 47.4 Å². The molecule has 69 heavy (non-hydrogen) atoms. The zero-order valence-electron chi connectivity index (χ0n) is 46.3. The van der Waals surface area contributed by atoms with Crippen molar-refractivity contribution in [2.45, 2.75) is 341 Å². The molecule has 0 radical (unpaired) electrons. The molecule has 6 heteroatoms. The summed E-state index contributed by atoms with van der Waals surface area (Å²) < 4.78 is 5.49. The maximum atomic E-state index is 12.4. The lowest BCUT2D eigenvalue weighted by Gasteiger charge is -2.20. The van der Waals surface area contributed by atoms with E-state index in [2.05, 4.69) is 43.5 Å². The predicted molar refractivity (Wildman–Crippen MR) is 301 cm³/mol. The van der Waals surface area contributed by atoms with Crippen LogP contribution in [0.2, 0.25) is 0 Å². The summed E-state index contributed by atoms with van der Waals surface area (Å²) >= 11 is 0. The molecule has 0 fully saturated rings. The molecule has 0 spiro atoms. The minimum atomic E-state index is -0.843. The number of hydrogen-bond donors (Lipinski definition) is 3. The monoisotopic (exact) mass is 970 g/mol. The fourth-order valence-electron chi connectivity index (χ4n) is 9.43. The fraction of sp³-hybridized carbons (Fsp3) is 0.873. The Morgan fingerprint density at radius 2 is 0.725 bits per heavy atom. The van der Waals surface area contributed by atoms with Gasteiger partial charge in [0, 0.05) is 12.8 Å². The predicted octanol–water partition coefficient (Wildman–Crippen LogP) is 19.2. The fourth-order valence-corrected chi connectivity index (χ4v) is 9.43. The zero-order valence-corrected chi connectivity index (χ0v) is 46.3. The highest BCUT2D eigenvalue weighted by atomic mass is 16.5. The van der Waals surface area contributed by atoms with E-state index in [1.54, 1.807) is 6.08 Å². The molecule has 6 nitrogen and oxygen atoms in total. The van der Waals surface area contributed by atoms with E-state index in [4.69, 9.17) is 4.74 Å². The Bertz CT molecular complexity index is 1120. The summed E-state index contributed by atoms with van der Waals surface area (Å²) in [7, 11) is 0. The molecule has 0 aromatic carbocycles. The first-order valence-electron chi connectivity index (χ1n) is 30.8. The third-order valence-corrected chi connectivity index (χ3v) is 14.2. The molecule has 0 heterocycles. The van der Waals surface area contributed by atoms with Gasteiger partial charge in [0.25, 0.3) is 0 Å². The minimum absolute atomic E-state index is 0.00602. The van der Waals surface area contributed by atoms with Gasteiger partial charge in [-0.25, -0.2) is 0 Å². The number of esters is 1. The number of allylic oxidation sites excluding steroid dienone is 5. The molecule has 406 valence electrons. The number of carbonyl (C=O) groups excluding carboxylic acids is 2.